The highest BCUT2D eigenvalue weighted by Gasteiger charge is 2.50. The van der Waals surface area contributed by atoms with Gasteiger partial charge in [0.15, 0.2) is 0 Å². The van der Waals surface area contributed by atoms with E-state index in [0.29, 0.717) is 24.8 Å². The first-order chi connectivity index (χ1) is 14.0. The van der Waals surface area contributed by atoms with Crippen molar-refractivity contribution in [1.29, 1.82) is 0 Å². The molecule has 1 aliphatic carbocycles. The number of carbonyl (C=O) groups excluding carboxylic acids is 3. The van der Waals surface area contributed by atoms with E-state index in [1.54, 1.807) is 34.0 Å². The van der Waals surface area contributed by atoms with Crippen molar-refractivity contribution in [2.24, 2.45) is 5.92 Å². The minimum atomic E-state index is -0.276. The minimum Gasteiger partial charge on any atom is -0.353 e. The Labute approximate surface area is 168 Å². The molecule has 9 nitrogen and oxygen atoms in total. The number of hydrogen-bond donors (Lipinski definition) is 1. The Balaban J connectivity index is 1.34. The third-order valence-electron chi connectivity index (χ3n) is 6.21. The predicted molar refractivity (Wildman–Crippen MR) is 103 cm³/mol. The molecule has 3 amide bonds. The first-order valence-electron chi connectivity index (χ1n) is 10.3. The van der Waals surface area contributed by atoms with Gasteiger partial charge in [0.25, 0.3) is 5.91 Å². The SMILES string of the molecule is CC[C@H]1[C@@H](C(=O)NC2CC2)C[C@H]2CN(C(=O)c3cn4cccnc4n3)CC(=O)N21. The molecular formula is C20H24N6O3. The molecule has 0 radical (unpaired) electrons. The average Bonchev–Trinajstić information content (AvgIpc) is 3.29. The van der Waals surface area contributed by atoms with Crippen LogP contribution in [0, 0.1) is 5.92 Å². The molecule has 0 spiro atoms. The third-order valence-corrected chi connectivity index (χ3v) is 6.21. The second kappa shape index (κ2) is 6.82. The fourth-order valence-corrected chi connectivity index (χ4v) is 4.69. The zero-order chi connectivity index (χ0) is 20.1. The first-order valence-corrected chi connectivity index (χ1v) is 10.3. The maximum Gasteiger partial charge on any atom is 0.274 e. The highest BCUT2D eigenvalue weighted by Crippen LogP contribution is 2.36. The molecule has 3 atom stereocenters. The van der Waals surface area contributed by atoms with Gasteiger partial charge < -0.3 is 15.1 Å². The normalized spacial score (nSPS) is 26.7. The summed E-state index contributed by atoms with van der Waals surface area (Å²) in [6.07, 6.45) is 8.44. The molecule has 5 rings (SSSR count). The molecule has 0 unspecified atom stereocenters. The zero-order valence-corrected chi connectivity index (χ0v) is 16.3. The minimum absolute atomic E-state index is 0.0180. The molecule has 9 heteroatoms. The van der Waals surface area contributed by atoms with E-state index in [-0.39, 0.29) is 48.0 Å². The van der Waals surface area contributed by atoms with E-state index in [1.807, 2.05) is 11.8 Å². The number of nitrogens with zero attached hydrogens (tertiary/aromatic N) is 5. The van der Waals surface area contributed by atoms with Gasteiger partial charge in [-0.25, -0.2) is 9.97 Å². The second-order valence-corrected chi connectivity index (χ2v) is 8.19. The van der Waals surface area contributed by atoms with Crippen LogP contribution in [0.5, 0.6) is 0 Å². The molecule has 3 aliphatic rings. The van der Waals surface area contributed by atoms with E-state index in [2.05, 4.69) is 15.3 Å². The van der Waals surface area contributed by atoms with Gasteiger partial charge in [0.2, 0.25) is 17.6 Å². The quantitative estimate of drug-likeness (QED) is 0.809. The standard InChI is InChI=1S/C20H24N6O3/c1-2-16-14(18(28)22-12-4-5-12)8-13-9-25(11-17(27)26(13)16)19(29)15-10-24-7-3-6-21-20(24)23-15/h3,6-7,10,12-14,16H,2,4-5,8-9,11H2,1H3,(H,22,28)/t13-,14-,16-/m0/s1. The fraction of sp³-hybridized carbons (Fsp3) is 0.550. The van der Waals surface area contributed by atoms with Crippen molar-refractivity contribution in [3.8, 4) is 0 Å². The largest absolute Gasteiger partial charge is 0.353 e. The molecular weight excluding hydrogens is 372 g/mol. The number of fused-ring (bicyclic) bond motifs is 2. The Bertz CT molecular complexity index is 951. The molecule has 2 saturated heterocycles. The van der Waals surface area contributed by atoms with Gasteiger partial charge >= 0.3 is 0 Å². The van der Waals surface area contributed by atoms with Crippen LogP contribution < -0.4 is 5.32 Å². The Morgan fingerprint density at radius 1 is 1.31 bits per heavy atom. The van der Waals surface area contributed by atoms with Crippen molar-refractivity contribution in [3.63, 3.8) is 0 Å². The number of aromatic nitrogens is 3. The molecule has 1 N–H and O–H groups in total. The Morgan fingerprint density at radius 2 is 2.14 bits per heavy atom. The highest BCUT2D eigenvalue weighted by molar-refractivity contribution is 5.96. The summed E-state index contributed by atoms with van der Waals surface area (Å²) in [6, 6.07) is 1.84. The number of rotatable bonds is 4. The van der Waals surface area contributed by atoms with E-state index < -0.39 is 0 Å². The van der Waals surface area contributed by atoms with Crippen molar-refractivity contribution < 1.29 is 14.4 Å². The lowest BCUT2D eigenvalue weighted by Gasteiger charge is -2.39. The summed E-state index contributed by atoms with van der Waals surface area (Å²) in [5.41, 5.74) is 0.276. The molecule has 0 aromatic carbocycles. The summed E-state index contributed by atoms with van der Waals surface area (Å²) < 4.78 is 1.69. The van der Waals surface area contributed by atoms with Crippen LogP contribution in [0.2, 0.25) is 0 Å². The van der Waals surface area contributed by atoms with E-state index >= 15 is 0 Å². The maximum atomic E-state index is 13.0. The summed E-state index contributed by atoms with van der Waals surface area (Å²) in [6.45, 7) is 2.46. The summed E-state index contributed by atoms with van der Waals surface area (Å²) in [4.78, 5) is 50.5. The van der Waals surface area contributed by atoms with E-state index in [0.717, 1.165) is 19.3 Å². The average molecular weight is 396 g/mol. The van der Waals surface area contributed by atoms with Crippen molar-refractivity contribution in [1.82, 2.24) is 29.5 Å². The fourth-order valence-electron chi connectivity index (χ4n) is 4.69. The Kier molecular flexibility index (Phi) is 4.25. The summed E-state index contributed by atoms with van der Waals surface area (Å²) in [7, 11) is 0. The van der Waals surface area contributed by atoms with Gasteiger partial charge in [0.1, 0.15) is 12.2 Å². The zero-order valence-electron chi connectivity index (χ0n) is 16.3. The lowest BCUT2D eigenvalue weighted by Crippen LogP contribution is -2.57. The van der Waals surface area contributed by atoms with Crippen molar-refractivity contribution in [2.45, 2.75) is 50.7 Å². The van der Waals surface area contributed by atoms with Gasteiger partial charge in [-0.2, -0.15) is 0 Å². The number of amides is 3. The molecule has 2 aromatic heterocycles. The van der Waals surface area contributed by atoms with Crippen LogP contribution in [0.4, 0.5) is 0 Å². The molecule has 3 fully saturated rings. The van der Waals surface area contributed by atoms with Gasteiger partial charge in [-0.15, -0.1) is 0 Å². The smallest absolute Gasteiger partial charge is 0.274 e. The van der Waals surface area contributed by atoms with Crippen LogP contribution in [0.1, 0.15) is 43.1 Å². The summed E-state index contributed by atoms with van der Waals surface area (Å²) >= 11 is 0. The topological polar surface area (TPSA) is 99.9 Å². The Hall–Kier alpha value is -2.97. The number of hydrogen-bond acceptors (Lipinski definition) is 5. The van der Waals surface area contributed by atoms with Crippen molar-refractivity contribution in [2.75, 3.05) is 13.1 Å². The van der Waals surface area contributed by atoms with Gasteiger partial charge in [0.05, 0.1) is 12.0 Å². The maximum absolute atomic E-state index is 13.0. The van der Waals surface area contributed by atoms with Gasteiger partial charge in [-0.3, -0.25) is 18.8 Å². The molecule has 152 valence electrons. The van der Waals surface area contributed by atoms with E-state index in [4.69, 9.17) is 0 Å². The van der Waals surface area contributed by atoms with E-state index in [1.165, 1.54) is 0 Å². The van der Waals surface area contributed by atoms with Crippen LogP contribution >= 0.6 is 0 Å². The van der Waals surface area contributed by atoms with Gasteiger partial charge in [-0.1, -0.05) is 6.92 Å². The van der Waals surface area contributed by atoms with Crippen LogP contribution in [0.3, 0.4) is 0 Å². The lowest BCUT2D eigenvalue weighted by molar-refractivity contribution is -0.139. The van der Waals surface area contributed by atoms with Gasteiger partial charge in [0, 0.05) is 37.2 Å². The first kappa shape index (κ1) is 18.1. The van der Waals surface area contributed by atoms with Crippen LogP contribution in [0.25, 0.3) is 5.78 Å². The molecule has 4 heterocycles. The van der Waals surface area contributed by atoms with Crippen LogP contribution in [-0.2, 0) is 9.59 Å². The molecule has 2 aromatic rings. The summed E-state index contributed by atoms with van der Waals surface area (Å²) in [5.74, 6) is -0.0770. The number of nitrogens with one attached hydrogen (secondary N) is 1. The molecule has 1 saturated carbocycles. The van der Waals surface area contributed by atoms with Crippen LogP contribution in [0.15, 0.2) is 24.7 Å². The number of piperazine rings is 1. The number of carbonyl (C=O) groups is 3. The monoisotopic (exact) mass is 396 g/mol. The van der Waals surface area contributed by atoms with E-state index in [9.17, 15) is 14.4 Å². The number of imidazole rings is 1. The second-order valence-electron chi connectivity index (χ2n) is 8.19. The Morgan fingerprint density at radius 3 is 2.86 bits per heavy atom. The van der Waals surface area contributed by atoms with Crippen LogP contribution in [-0.4, -0.2) is 73.1 Å². The predicted octanol–water partition coefficient (Wildman–Crippen LogP) is 0.459. The third kappa shape index (κ3) is 3.14. The highest BCUT2D eigenvalue weighted by atomic mass is 16.2. The van der Waals surface area contributed by atoms with Crippen molar-refractivity contribution >= 4 is 23.5 Å². The summed E-state index contributed by atoms with van der Waals surface area (Å²) in [5, 5.41) is 3.08. The lowest BCUT2D eigenvalue weighted by atomic mass is 9.96. The molecule has 2 aliphatic heterocycles. The molecule has 0 bridgehead atoms. The van der Waals surface area contributed by atoms with Crippen molar-refractivity contribution in [3.05, 3.63) is 30.4 Å². The molecule has 29 heavy (non-hydrogen) atoms. The van der Waals surface area contributed by atoms with Gasteiger partial charge in [-0.05, 0) is 31.7 Å².